The van der Waals surface area contributed by atoms with Crippen LogP contribution >= 0.6 is 0 Å². The largest absolute Gasteiger partial charge is 0.396 e. The maximum Gasteiger partial charge on any atom is 0.0576 e. The maximum atomic E-state index is 9.00. The van der Waals surface area contributed by atoms with Crippen molar-refractivity contribution in [1.82, 2.24) is 5.32 Å². The van der Waals surface area contributed by atoms with Gasteiger partial charge >= 0.3 is 0 Å². The lowest BCUT2D eigenvalue weighted by atomic mass is 9.94. The Kier molecular flexibility index (Phi) is 6.32. The number of ether oxygens (including phenoxy) is 1. The lowest BCUT2D eigenvalue weighted by Crippen LogP contribution is -2.43. The number of nitrogens with one attached hydrogen (secondary N) is 1. The van der Waals surface area contributed by atoms with Crippen LogP contribution in [0.1, 0.15) is 52.4 Å². The van der Waals surface area contributed by atoms with Crippen LogP contribution in [-0.2, 0) is 4.74 Å². The van der Waals surface area contributed by atoms with Gasteiger partial charge in [0.2, 0.25) is 0 Å². The van der Waals surface area contributed by atoms with Gasteiger partial charge in [0.1, 0.15) is 0 Å². The Labute approximate surface area is 99.6 Å². The molecular weight excluding hydrogens is 202 g/mol. The number of aliphatic hydroxyl groups excluding tert-OH is 1. The highest BCUT2D eigenvalue weighted by molar-refractivity contribution is 4.81. The van der Waals surface area contributed by atoms with Crippen LogP contribution < -0.4 is 5.32 Å². The Balaban J connectivity index is 2.08. The molecule has 1 saturated heterocycles. The van der Waals surface area contributed by atoms with E-state index in [9.17, 15) is 0 Å². The summed E-state index contributed by atoms with van der Waals surface area (Å²) >= 11 is 0. The molecule has 0 aliphatic carbocycles. The van der Waals surface area contributed by atoms with Gasteiger partial charge in [-0.05, 0) is 52.0 Å². The molecule has 0 bridgehead atoms. The minimum atomic E-state index is 0.102. The highest BCUT2D eigenvalue weighted by Gasteiger charge is 2.20. The first-order valence-corrected chi connectivity index (χ1v) is 6.67. The van der Waals surface area contributed by atoms with E-state index in [0.29, 0.717) is 6.10 Å². The van der Waals surface area contributed by atoms with Gasteiger partial charge in [-0.2, -0.15) is 0 Å². The SMILES string of the molecule is CCC(C)(CCO)NCCCC1CCCO1. The van der Waals surface area contributed by atoms with Crippen molar-refractivity contribution < 1.29 is 9.84 Å². The first-order chi connectivity index (χ1) is 7.70. The van der Waals surface area contributed by atoms with Crippen LogP contribution in [-0.4, -0.2) is 36.5 Å². The highest BCUT2D eigenvalue weighted by atomic mass is 16.5. The van der Waals surface area contributed by atoms with Gasteiger partial charge in [0.25, 0.3) is 0 Å². The van der Waals surface area contributed by atoms with Crippen LogP contribution in [0.25, 0.3) is 0 Å². The molecule has 1 aliphatic heterocycles. The number of rotatable bonds is 8. The molecule has 1 fully saturated rings. The summed E-state index contributed by atoms with van der Waals surface area (Å²) in [6.07, 6.45) is 7.22. The van der Waals surface area contributed by atoms with E-state index in [0.717, 1.165) is 26.0 Å². The van der Waals surface area contributed by atoms with Crippen LogP contribution in [0.15, 0.2) is 0 Å². The predicted octanol–water partition coefficient (Wildman–Crippen LogP) is 2.09. The van der Waals surface area contributed by atoms with Gasteiger partial charge in [0.15, 0.2) is 0 Å². The third kappa shape index (κ3) is 4.81. The number of aliphatic hydroxyl groups is 1. The van der Waals surface area contributed by atoms with Crippen molar-refractivity contribution in [2.24, 2.45) is 0 Å². The van der Waals surface area contributed by atoms with Gasteiger partial charge in [-0.25, -0.2) is 0 Å². The minimum absolute atomic E-state index is 0.102. The molecule has 1 aliphatic rings. The first kappa shape index (κ1) is 13.9. The van der Waals surface area contributed by atoms with Gasteiger partial charge < -0.3 is 15.2 Å². The lowest BCUT2D eigenvalue weighted by molar-refractivity contribution is 0.101. The highest BCUT2D eigenvalue weighted by Crippen LogP contribution is 2.17. The van der Waals surface area contributed by atoms with Gasteiger partial charge in [-0.1, -0.05) is 6.92 Å². The molecule has 0 aromatic rings. The Morgan fingerprint density at radius 2 is 2.31 bits per heavy atom. The summed E-state index contributed by atoms with van der Waals surface area (Å²) in [5.74, 6) is 0. The summed E-state index contributed by atoms with van der Waals surface area (Å²) in [5.41, 5.74) is 0.102. The fourth-order valence-corrected chi connectivity index (χ4v) is 2.23. The molecule has 0 spiro atoms. The molecular formula is C13H27NO2. The molecule has 3 heteroatoms. The molecule has 16 heavy (non-hydrogen) atoms. The number of hydrogen-bond donors (Lipinski definition) is 2. The topological polar surface area (TPSA) is 41.5 Å². The summed E-state index contributed by atoms with van der Waals surface area (Å²) in [6, 6.07) is 0. The summed E-state index contributed by atoms with van der Waals surface area (Å²) in [6.45, 7) is 6.61. The molecule has 0 aromatic carbocycles. The molecule has 2 N–H and O–H groups in total. The molecule has 2 unspecified atom stereocenters. The van der Waals surface area contributed by atoms with E-state index in [1.807, 2.05) is 0 Å². The van der Waals surface area contributed by atoms with Crippen molar-refractivity contribution in [3.63, 3.8) is 0 Å². The maximum absolute atomic E-state index is 9.00. The normalized spacial score (nSPS) is 24.6. The fourth-order valence-electron chi connectivity index (χ4n) is 2.23. The van der Waals surface area contributed by atoms with E-state index in [1.54, 1.807) is 0 Å². The molecule has 96 valence electrons. The molecule has 0 radical (unpaired) electrons. The summed E-state index contributed by atoms with van der Waals surface area (Å²) < 4.78 is 5.59. The third-order valence-electron chi connectivity index (χ3n) is 3.72. The second kappa shape index (κ2) is 7.25. The van der Waals surface area contributed by atoms with Gasteiger partial charge in [0, 0.05) is 18.8 Å². The van der Waals surface area contributed by atoms with E-state index < -0.39 is 0 Å². The third-order valence-corrected chi connectivity index (χ3v) is 3.72. The predicted molar refractivity (Wildman–Crippen MR) is 66.6 cm³/mol. The molecule has 0 aromatic heterocycles. The van der Waals surface area contributed by atoms with Crippen molar-refractivity contribution in [3.05, 3.63) is 0 Å². The van der Waals surface area contributed by atoms with Gasteiger partial charge in [-0.15, -0.1) is 0 Å². The van der Waals surface area contributed by atoms with Crippen LogP contribution in [0.2, 0.25) is 0 Å². The first-order valence-electron chi connectivity index (χ1n) is 6.67. The second-order valence-corrected chi connectivity index (χ2v) is 5.09. The Morgan fingerprint density at radius 1 is 1.50 bits per heavy atom. The van der Waals surface area contributed by atoms with E-state index >= 15 is 0 Å². The standard InChI is InChI=1S/C13H27NO2/c1-3-13(2,8-10-15)14-9-4-6-12-7-5-11-16-12/h12,14-15H,3-11H2,1-2H3. The average Bonchev–Trinajstić information content (AvgIpc) is 2.78. The Hall–Kier alpha value is -0.120. The van der Waals surface area contributed by atoms with E-state index in [4.69, 9.17) is 9.84 Å². The summed E-state index contributed by atoms with van der Waals surface area (Å²) in [5, 5.41) is 12.6. The minimum Gasteiger partial charge on any atom is -0.396 e. The molecule has 1 rings (SSSR count). The Morgan fingerprint density at radius 3 is 2.88 bits per heavy atom. The fraction of sp³-hybridized carbons (Fsp3) is 1.00. The van der Waals surface area contributed by atoms with Crippen molar-refractivity contribution in [1.29, 1.82) is 0 Å². The molecule has 2 atom stereocenters. The van der Waals surface area contributed by atoms with Crippen LogP contribution in [0, 0.1) is 0 Å². The quantitative estimate of drug-likeness (QED) is 0.626. The van der Waals surface area contributed by atoms with Crippen molar-refractivity contribution >= 4 is 0 Å². The van der Waals surface area contributed by atoms with Crippen LogP contribution in [0.3, 0.4) is 0 Å². The zero-order chi connectivity index (χ0) is 11.9. The van der Waals surface area contributed by atoms with Gasteiger partial charge in [0.05, 0.1) is 6.10 Å². The molecule has 3 nitrogen and oxygen atoms in total. The molecule has 0 amide bonds. The number of hydrogen-bond acceptors (Lipinski definition) is 3. The van der Waals surface area contributed by atoms with Crippen LogP contribution in [0.4, 0.5) is 0 Å². The molecule has 0 saturated carbocycles. The summed E-state index contributed by atoms with van der Waals surface area (Å²) in [7, 11) is 0. The zero-order valence-corrected chi connectivity index (χ0v) is 10.8. The van der Waals surface area contributed by atoms with Crippen molar-refractivity contribution in [2.75, 3.05) is 19.8 Å². The molecule has 1 heterocycles. The van der Waals surface area contributed by atoms with Gasteiger partial charge in [-0.3, -0.25) is 0 Å². The average molecular weight is 229 g/mol. The van der Waals surface area contributed by atoms with Crippen molar-refractivity contribution in [2.45, 2.75) is 64.0 Å². The smallest absolute Gasteiger partial charge is 0.0576 e. The Bertz CT molecular complexity index is 181. The van der Waals surface area contributed by atoms with Crippen molar-refractivity contribution in [3.8, 4) is 0 Å². The van der Waals surface area contributed by atoms with E-state index in [-0.39, 0.29) is 12.1 Å². The lowest BCUT2D eigenvalue weighted by Gasteiger charge is -2.29. The monoisotopic (exact) mass is 229 g/mol. The van der Waals surface area contributed by atoms with Crippen LogP contribution in [0.5, 0.6) is 0 Å². The zero-order valence-electron chi connectivity index (χ0n) is 10.8. The van der Waals surface area contributed by atoms with E-state index in [2.05, 4.69) is 19.2 Å². The van der Waals surface area contributed by atoms with E-state index in [1.165, 1.54) is 25.7 Å². The second-order valence-electron chi connectivity index (χ2n) is 5.09. The summed E-state index contributed by atoms with van der Waals surface area (Å²) in [4.78, 5) is 0.